The average Bonchev–Trinajstić information content (AvgIpc) is 2.38. The predicted octanol–water partition coefficient (Wildman–Crippen LogP) is 2.90. The molecule has 1 aromatic carbocycles. The molecule has 94 valence electrons. The molecular formula is C15H23NO. The van der Waals surface area contributed by atoms with Gasteiger partial charge in [-0.1, -0.05) is 24.3 Å². The maximum absolute atomic E-state index is 5.40. The van der Waals surface area contributed by atoms with Crippen LogP contribution in [0.4, 0.5) is 0 Å². The second kappa shape index (κ2) is 6.18. The monoisotopic (exact) mass is 233 g/mol. The molecule has 2 rings (SSSR count). The number of ether oxygens (including phenoxy) is 1. The highest BCUT2D eigenvalue weighted by Crippen LogP contribution is 2.19. The zero-order valence-electron chi connectivity index (χ0n) is 10.9. The lowest BCUT2D eigenvalue weighted by molar-refractivity contribution is 0.0558. The highest BCUT2D eigenvalue weighted by atomic mass is 16.5. The Morgan fingerprint density at radius 1 is 1.29 bits per heavy atom. The smallest absolute Gasteiger partial charge is 0.0469 e. The molecule has 1 atom stereocenters. The standard InChI is InChI=1S/C15H23NO/c1-12-5-3-4-6-15(12)11-16-13(2)14-7-9-17-10-8-14/h3-6,13-14,16H,7-11H2,1-2H3/t13-/m1/s1. The summed E-state index contributed by atoms with van der Waals surface area (Å²) in [6.07, 6.45) is 2.39. The van der Waals surface area contributed by atoms with E-state index < -0.39 is 0 Å². The second-order valence-corrected chi connectivity index (χ2v) is 5.05. The largest absolute Gasteiger partial charge is 0.381 e. The fourth-order valence-corrected chi connectivity index (χ4v) is 2.46. The lowest BCUT2D eigenvalue weighted by Crippen LogP contribution is -2.36. The maximum atomic E-state index is 5.40. The Hall–Kier alpha value is -0.860. The van der Waals surface area contributed by atoms with Crippen molar-refractivity contribution in [2.24, 2.45) is 5.92 Å². The minimum atomic E-state index is 0.582. The molecule has 0 spiro atoms. The first-order valence-electron chi connectivity index (χ1n) is 6.63. The van der Waals surface area contributed by atoms with Crippen LogP contribution < -0.4 is 5.32 Å². The third-order valence-electron chi connectivity index (χ3n) is 3.85. The van der Waals surface area contributed by atoms with E-state index in [0.29, 0.717) is 6.04 Å². The molecule has 0 aliphatic carbocycles. The molecule has 2 nitrogen and oxygen atoms in total. The van der Waals surface area contributed by atoms with Crippen LogP contribution in [0.15, 0.2) is 24.3 Å². The number of benzene rings is 1. The quantitative estimate of drug-likeness (QED) is 0.863. The van der Waals surface area contributed by atoms with Crippen molar-refractivity contribution in [3.63, 3.8) is 0 Å². The van der Waals surface area contributed by atoms with Crippen molar-refractivity contribution in [1.82, 2.24) is 5.32 Å². The van der Waals surface area contributed by atoms with Crippen molar-refractivity contribution >= 4 is 0 Å². The van der Waals surface area contributed by atoms with E-state index in [1.807, 2.05) is 0 Å². The van der Waals surface area contributed by atoms with E-state index in [1.54, 1.807) is 0 Å². The van der Waals surface area contributed by atoms with Gasteiger partial charge < -0.3 is 10.1 Å². The fourth-order valence-electron chi connectivity index (χ4n) is 2.46. The molecule has 1 N–H and O–H groups in total. The third-order valence-corrected chi connectivity index (χ3v) is 3.85. The van der Waals surface area contributed by atoms with Gasteiger partial charge in [0.1, 0.15) is 0 Å². The van der Waals surface area contributed by atoms with Crippen molar-refractivity contribution in [2.75, 3.05) is 13.2 Å². The summed E-state index contributed by atoms with van der Waals surface area (Å²) in [6.45, 7) is 7.32. The molecule has 1 aromatic rings. The Bertz CT molecular complexity index is 345. The van der Waals surface area contributed by atoms with Gasteiger partial charge in [0.25, 0.3) is 0 Å². The van der Waals surface area contributed by atoms with E-state index in [9.17, 15) is 0 Å². The minimum absolute atomic E-state index is 0.582. The Kier molecular flexibility index (Phi) is 4.57. The lowest BCUT2D eigenvalue weighted by atomic mass is 9.92. The summed E-state index contributed by atoms with van der Waals surface area (Å²) in [4.78, 5) is 0. The highest BCUT2D eigenvalue weighted by Gasteiger charge is 2.19. The van der Waals surface area contributed by atoms with E-state index in [-0.39, 0.29) is 0 Å². The summed E-state index contributed by atoms with van der Waals surface area (Å²) < 4.78 is 5.40. The van der Waals surface area contributed by atoms with Crippen LogP contribution in [0.25, 0.3) is 0 Å². The predicted molar refractivity (Wildman–Crippen MR) is 71.0 cm³/mol. The first-order chi connectivity index (χ1) is 8.27. The summed E-state index contributed by atoms with van der Waals surface area (Å²) in [5.74, 6) is 0.771. The zero-order valence-corrected chi connectivity index (χ0v) is 10.9. The number of nitrogens with one attached hydrogen (secondary N) is 1. The van der Waals surface area contributed by atoms with Gasteiger partial charge in [-0.2, -0.15) is 0 Å². The number of aryl methyl sites for hydroxylation is 1. The van der Waals surface area contributed by atoms with Crippen LogP contribution in [0.5, 0.6) is 0 Å². The third kappa shape index (κ3) is 3.55. The number of hydrogen-bond acceptors (Lipinski definition) is 2. The normalized spacial score (nSPS) is 19.2. The van der Waals surface area contributed by atoms with Crippen LogP contribution in [-0.2, 0) is 11.3 Å². The van der Waals surface area contributed by atoms with Crippen molar-refractivity contribution < 1.29 is 4.74 Å². The van der Waals surface area contributed by atoms with Crippen molar-refractivity contribution in [3.05, 3.63) is 35.4 Å². The van der Waals surface area contributed by atoms with Gasteiger partial charge in [-0.3, -0.25) is 0 Å². The van der Waals surface area contributed by atoms with Gasteiger partial charge in [-0.05, 0) is 43.7 Å². The average molecular weight is 233 g/mol. The minimum Gasteiger partial charge on any atom is -0.381 e. The second-order valence-electron chi connectivity index (χ2n) is 5.05. The van der Waals surface area contributed by atoms with E-state index in [1.165, 1.54) is 24.0 Å². The lowest BCUT2D eigenvalue weighted by Gasteiger charge is -2.28. The van der Waals surface area contributed by atoms with E-state index in [0.717, 1.165) is 25.7 Å². The van der Waals surface area contributed by atoms with E-state index in [2.05, 4.69) is 43.4 Å². The van der Waals surface area contributed by atoms with E-state index in [4.69, 9.17) is 4.74 Å². The molecule has 1 aliphatic heterocycles. The number of hydrogen-bond donors (Lipinski definition) is 1. The molecule has 0 bridgehead atoms. The van der Waals surface area contributed by atoms with Gasteiger partial charge in [0.15, 0.2) is 0 Å². The van der Waals surface area contributed by atoms with Crippen LogP contribution >= 0.6 is 0 Å². The molecule has 0 aromatic heterocycles. The van der Waals surface area contributed by atoms with Crippen LogP contribution in [0.3, 0.4) is 0 Å². The van der Waals surface area contributed by atoms with Crippen molar-refractivity contribution in [2.45, 2.75) is 39.3 Å². The SMILES string of the molecule is Cc1ccccc1CN[C@H](C)C1CCOCC1. The summed E-state index contributed by atoms with van der Waals surface area (Å²) in [6, 6.07) is 9.18. The molecule has 1 fully saturated rings. The van der Waals surface area contributed by atoms with Gasteiger partial charge in [0, 0.05) is 25.8 Å². The maximum Gasteiger partial charge on any atom is 0.0469 e. The molecule has 2 heteroatoms. The van der Waals surface area contributed by atoms with Crippen LogP contribution in [0, 0.1) is 12.8 Å². The Balaban J connectivity index is 1.83. The molecule has 17 heavy (non-hydrogen) atoms. The molecule has 0 unspecified atom stereocenters. The van der Waals surface area contributed by atoms with Crippen LogP contribution in [0.1, 0.15) is 30.9 Å². The Morgan fingerprint density at radius 3 is 2.71 bits per heavy atom. The first-order valence-corrected chi connectivity index (χ1v) is 6.63. The van der Waals surface area contributed by atoms with Gasteiger partial charge in [-0.15, -0.1) is 0 Å². The van der Waals surface area contributed by atoms with Crippen LogP contribution in [0.2, 0.25) is 0 Å². The van der Waals surface area contributed by atoms with E-state index >= 15 is 0 Å². The van der Waals surface area contributed by atoms with Crippen molar-refractivity contribution in [3.8, 4) is 0 Å². The van der Waals surface area contributed by atoms with Gasteiger partial charge in [0.05, 0.1) is 0 Å². The molecule has 0 radical (unpaired) electrons. The molecule has 1 aliphatic rings. The highest BCUT2D eigenvalue weighted by molar-refractivity contribution is 5.25. The fraction of sp³-hybridized carbons (Fsp3) is 0.600. The topological polar surface area (TPSA) is 21.3 Å². The summed E-state index contributed by atoms with van der Waals surface area (Å²) in [5.41, 5.74) is 2.78. The van der Waals surface area contributed by atoms with Gasteiger partial charge in [-0.25, -0.2) is 0 Å². The number of rotatable bonds is 4. The first kappa shape index (κ1) is 12.6. The Labute approximate surface area is 104 Å². The zero-order chi connectivity index (χ0) is 12.1. The molecule has 1 heterocycles. The van der Waals surface area contributed by atoms with Gasteiger partial charge in [0.2, 0.25) is 0 Å². The summed E-state index contributed by atoms with van der Waals surface area (Å²) in [5, 5.41) is 3.65. The van der Waals surface area contributed by atoms with Gasteiger partial charge >= 0.3 is 0 Å². The summed E-state index contributed by atoms with van der Waals surface area (Å²) in [7, 11) is 0. The van der Waals surface area contributed by atoms with Crippen molar-refractivity contribution in [1.29, 1.82) is 0 Å². The molecule has 0 saturated carbocycles. The Morgan fingerprint density at radius 2 is 2.00 bits per heavy atom. The van der Waals surface area contributed by atoms with Crippen LogP contribution in [-0.4, -0.2) is 19.3 Å². The molecule has 1 saturated heterocycles. The molecule has 0 amide bonds. The molecular weight excluding hydrogens is 210 g/mol. The summed E-state index contributed by atoms with van der Waals surface area (Å²) >= 11 is 0.